The van der Waals surface area contributed by atoms with Crippen LogP contribution in [0.3, 0.4) is 0 Å². The van der Waals surface area contributed by atoms with Crippen molar-refractivity contribution >= 4 is 23.3 Å². The molecule has 1 saturated carbocycles. The zero-order chi connectivity index (χ0) is 16.8. The molecule has 23 heavy (non-hydrogen) atoms. The molecule has 1 atom stereocenters. The number of hydrogen-bond donors (Lipinski definition) is 1. The fourth-order valence-corrected chi connectivity index (χ4v) is 3.70. The van der Waals surface area contributed by atoms with Crippen molar-refractivity contribution in [2.75, 3.05) is 14.1 Å². The summed E-state index contributed by atoms with van der Waals surface area (Å²) < 4.78 is 0. The van der Waals surface area contributed by atoms with Crippen LogP contribution in [0, 0.1) is 0 Å². The minimum Gasteiger partial charge on any atom is -0.347 e. The molecule has 3 amide bonds. The Kier molecular flexibility index (Phi) is 6.45. The van der Waals surface area contributed by atoms with Crippen LogP contribution in [0.25, 0.3) is 0 Å². The number of urea groups is 1. The Hall–Kier alpha value is -1.56. The maximum Gasteiger partial charge on any atom is 0.318 e. The van der Waals surface area contributed by atoms with Crippen LogP contribution in [0.2, 0.25) is 0 Å². The highest BCUT2D eigenvalue weighted by molar-refractivity contribution is 7.07. The van der Waals surface area contributed by atoms with Crippen LogP contribution in [0.4, 0.5) is 4.79 Å². The van der Waals surface area contributed by atoms with Crippen molar-refractivity contribution < 1.29 is 9.59 Å². The Balaban J connectivity index is 2.07. The van der Waals surface area contributed by atoms with Crippen molar-refractivity contribution in [2.24, 2.45) is 0 Å². The molecule has 0 aliphatic heterocycles. The average molecular weight is 337 g/mol. The molecule has 0 bridgehead atoms. The molecule has 0 saturated heterocycles. The SMILES string of the molecule is CCC(NC(=O)N(Cc1ccsc1)C1CCCC1)C(=O)N(C)C. The summed E-state index contributed by atoms with van der Waals surface area (Å²) in [6.07, 6.45) is 5.05. The van der Waals surface area contributed by atoms with Crippen molar-refractivity contribution in [3.8, 4) is 0 Å². The van der Waals surface area contributed by atoms with Gasteiger partial charge in [-0.25, -0.2) is 4.79 Å². The van der Waals surface area contributed by atoms with Gasteiger partial charge < -0.3 is 15.1 Å². The van der Waals surface area contributed by atoms with Crippen LogP contribution in [-0.4, -0.2) is 47.9 Å². The summed E-state index contributed by atoms with van der Waals surface area (Å²) in [6.45, 7) is 2.54. The summed E-state index contributed by atoms with van der Waals surface area (Å²) in [7, 11) is 3.44. The molecule has 1 fully saturated rings. The molecular formula is C17H27N3O2S. The van der Waals surface area contributed by atoms with Crippen molar-refractivity contribution in [3.05, 3.63) is 22.4 Å². The minimum absolute atomic E-state index is 0.0530. The Labute approximate surface area is 142 Å². The fourth-order valence-electron chi connectivity index (χ4n) is 3.04. The largest absolute Gasteiger partial charge is 0.347 e. The summed E-state index contributed by atoms with van der Waals surface area (Å²) in [4.78, 5) is 28.4. The predicted octanol–water partition coefficient (Wildman–Crippen LogP) is 3.07. The molecular weight excluding hydrogens is 310 g/mol. The van der Waals surface area contributed by atoms with E-state index in [-0.39, 0.29) is 18.0 Å². The molecule has 2 rings (SSSR count). The van der Waals surface area contributed by atoms with Crippen LogP contribution in [0.5, 0.6) is 0 Å². The lowest BCUT2D eigenvalue weighted by Gasteiger charge is -2.31. The average Bonchev–Trinajstić information content (AvgIpc) is 3.22. The molecule has 1 aromatic heterocycles. The van der Waals surface area contributed by atoms with E-state index in [4.69, 9.17) is 0 Å². The first kappa shape index (κ1) is 17.8. The van der Waals surface area contributed by atoms with E-state index in [2.05, 4.69) is 16.8 Å². The third kappa shape index (κ3) is 4.70. The quantitative estimate of drug-likeness (QED) is 0.867. The van der Waals surface area contributed by atoms with Crippen LogP contribution < -0.4 is 5.32 Å². The minimum atomic E-state index is -0.455. The molecule has 0 radical (unpaired) electrons. The van der Waals surface area contributed by atoms with Crippen molar-refractivity contribution in [2.45, 2.75) is 57.7 Å². The molecule has 1 aliphatic rings. The van der Waals surface area contributed by atoms with Gasteiger partial charge in [-0.1, -0.05) is 19.8 Å². The Morgan fingerprint density at radius 3 is 2.57 bits per heavy atom. The number of carbonyl (C=O) groups excluding carboxylic acids is 2. The van der Waals surface area contributed by atoms with Crippen LogP contribution >= 0.6 is 11.3 Å². The van der Waals surface area contributed by atoms with Gasteiger partial charge in [0.05, 0.1) is 0 Å². The lowest BCUT2D eigenvalue weighted by Crippen LogP contribution is -2.52. The summed E-state index contributed by atoms with van der Waals surface area (Å²) in [5.41, 5.74) is 1.16. The Bertz CT molecular complexity index is 510. The topological polar surface area (TPSA) is 52.7 Å². The number of amides is 3. The zero-order valence-corrected chi connectivity index (χ0v) is 15.1. The molecule has 128 valence electrons. The molecule has 6 heteroatoms. The normalized spacial score (nSPS) is 16.1. The standard InChI is InChI=1S/C17H27N3O2S/c1-4-15(16(21)19(2)3)18-17(22)20(14-7-5-6-8-14)11-13-9-10-23-12-13/h9-10,12,14-15H,4-8,11H2,1-3H3,(H,18,22). The molecule has 1 aliphatic carbocycles. The van der Waals surface area contributed by atoms with E-state index in [1.165, 1.54) is 17.7 Å². The molecule has 1 aromatic rings. The summed E-state index contributed by atoms with van der Waals surface area (Å²) >= 11 is 1.64. The smallest absolute Gasteiger partial charge is 0.318 e. The molecule has 0 spiro atoms. The zero-order valence-electron chi connectivity index (χ0n) is 14.2. The van der Waals surface area contributed by atoms with Gasteiger partial charge in [-0.3, -0.25) is 4.79 Å². The predicted molar refractivity (Wildman–Crippen MR) is 93.4 cm³/mol. The van der Waals surface area contributed by atoms with Gasteiger partial charge in [-0.05, 0) is 41.7 Å². The second-order valence-electron chi connectivity index (χ2n) is 6.34. The molecule has 1 N–H and O–H groups in total. The van der Waals surface area contributed by atoms with E-state index in [9.17, 15) is 9.59 Å². The van der Waals surface area contributed by atoms with Gasteiger partial charge in [-0.15, -0.1) is 0 Å². The van der Waals surface area contributed by atoms with Gasteiger partial charge in [0, 0.05) is 26.7 Å². The number of thiophene rings is 1. The van der Waals surface area contributed by atoms with Crippen molar-refractivity contribution in [1.82, 2.24) is 15.1 Å². The second kappa shape index (κ2) is 8.34. The lowest BCUT2D eigenvalue weighted by atomic mass is 10.1. The number of hydrogen-bond acceptors (Lipinski definition) is 3. The first-order valence-electron chi connectivity index (χ1n) is 8.32. The van der Waals surface area contributed by atoms with Gasteiger partial charge >= 0.3 is 6.03 Å². The van der Waals surface area contributed by atoms with Gasteiger partial charge in [0.25, 0.3) is 0 Å². The third-order valence-electron chi connectivity index (χ3n) is 4.40. The summed E-state index contributed by atoms with van der Waals surface area (Å²) in [5.74, 6) is -0.0530. The van der Waals surface area contributed by atoms with Crippen molar-refractivity contribution in [1.29, 1.82) is 0 Å². The molecule has 0 aromatic carbocycles. The number of rotatable bonds is 6. The fraction of sp³-hybridized carbons (Fsp3) is 0.647. The number of carbonyl (C=O) groups is 2. The van der Waals surface area contributed by atoms with E-state index in [1.54, 1.807) is 25.4 Å². The van der Waals surface area contributed by atoms with Gasteiger partial charge in [0.15, 0.2) is 0 Å². The van der Waals surface area contributed by atoms with Gasteiger partial charge in [0.2, 0.25) is 5.91 Å². The highest BCUT2D eigenvalue weighted by Gasteiger charge is 2.29. The second-order valence-corrected chi connectivity index (χ2v) is 7.12. The molecule has 5 nitrogen and oxygen atoms in total. The van der Waals surface area contributed by atoms with E-state index in [0.717, 1.165) is 18.4 Å². The summed E-state index contributed by atoms with van der Waals surface area (Å²) in [5, 5.41) is 7.05. The Morgan fingerprint density at radius 2 is 2.04 bits per heavy atom. The number of nitrogens with one attached hydrogen (secondary N) is 1. The maximum atomic E-state index is 12.8. The first-order valence-corrected chi connectivity index (χ1v) is 9.26. The first-order chi connectivity index (χ1) is 11.0. The van der Waals surface area contributed by atoms with Crippen LogP contribution in [0.1, 0.15) is 44.6 Å². The third-order valence-corrected chi connectivity index (χ3v) is 5.14. The van der Waals surface area contributed by atoms with Gasteiger partial charge in [-0.2, -0.15) is 11.3 Å². The van der Waals surface area contributed by atoms with E-state index >= 15 is 0 Å². The monoisotopic (exact) mass is 337 g/mol. The van der Waals surface area contributed by atoms with Crippen LogP contribution in [0.15, 0.2) is 16.8 Å². The van der Waals surface area contributed by atoms with E-state index in [0.29, 0.717) is 13.0 Å². The maximum absolute atomic E-state index is 12.8. The van der Waals surface area contributed by atoms with Gasteiger partial charge in [0.1, 0.15) is 6.04 Å². The number of nitrogens with zero attached hydrogens (tertiary/aromatic N) is 2. The Morgan fingerprint density at radius 1 is 1.35 bits per heavy atom. The van der Waals surface area contributed by atoms with Crippen molar-refractivity contribution in [3.63, 3.8) is 0 Å². The highest BCUT2D eigenvalue weighted by atomic mass is 32.1. The highest BCUT2D eigenvalue weighted by Crippen LogP contribution is 2.25. The summed E-state index contributed by atoms with van der Waals surface area (Å²) in [6, 6.07) is 1.76. The van der Waals surface area contributed by atoms with Crippen LogP contribution in [-0.2, 0) is 11.3 Å². The number of likely N-dealkylation sites (N-methyl/N-ethyl adjacent to an activating group) is 1. The molecule has 1 heterocycles. The van der Waals surface area contributed by atoms with E-state index in [1.807, 2.05) is 17.2 Å². The van der Waals surface area contributed by atoms with E-state index < -0.39 is 6.04 Å². The molecule has 1 unspecified atom stereocenters. The lowest BCUT2D eigenvalue weighted by molar-refractivity contribution is -0.130.